The Morgan fingerprint density at radius 3 is 2.64 bits per heavy atom. The fraction of sp³-hybridized carbons (Fsp3) is 0.167. The van der Waals surface area contributed by atoms with Gasteiger partial charge < -0.3 is 10.6 Å². The molecule has 1 aliphatic rings. The molecule has 2 aromatic rings. The van der Waals surface area contributed by atoms with Crippen LogP contribution in [0, 0.1) is 17.1 Å². The highest BCUT2D eigenvalue weighted by Crippen LogP contribution is 2.45. The Kier molecular flexibility index (Phi) is 3.34. The van der Waals surface area contributed by atoms with Crippen LogP contribution in [-0.2, 0) is 5.41 Å². The van der Waals surface area contributed by atoms with E-state index in [1.165, 1.54) is 12.1 Å². The molecule has 2 N–H and O–H groups in total. The molecule has 1 aliphatic heterocycles. The molecular formula is C18H16FN3. The Labute approximate surface area is 129 Å². The van der Waals surface area contributed by atoms with Crippen molar-refractivity contribution in [2.24, 2.45) is 0 Å². The summed E-state index contributed by atoms with van der Waals surface area (Å²) in [5.41, 5.74) is 3.24. The van der Waals surface area contributed by atoms with Crippen molar-refractivity contribution in [1.82, 2.24) is 5.32 Å². The van der Waals surface area contributed by atoms with Gasteiger partial charge in [0.15, 0.2) is 0 Å². The van der Waals surface area contributed by atoms with Gasteiger partial charge in [0.1, 0.15) is 17.6 Å². The molecule has 0 radical (unpaired) electrons. The Morgan fingerprint density at radius 1 is 1.18 bits per heavy atom. The van der Waals surface area contributed by atoms with E-state index in [-0.39, 0.29) is 5.82 Å². The molecule has 0 spiro atoms. The van der Waals surface area contributed by atoms with E-state index in [1.54, 1.807) is 13.1 Å². The molecule has 0 aliphatic carbocycles. The number of nitrogens with one attached hydrogen (secondary N) is 2. The first kappa shape index (κ1) is 14.2. The lowest BCUT2D eigenvalue weighted by atomic mass is 9.70. The van der Waals surface area contributed by atoms with E-state index < -0.39 is 5.41 Å². The Bertz CT molecular complexity index is 804. The number of nitriles is 1. The number of hydrogen-bond donors (Lipinski definition) is 2. The predicted octanol–water partition coefficient (Wildman–Crippen LogP) is 3.51. The van der Waals surface area contributed by atoms with Crippen LogP contribution in [-0.4, -0.2) is 7.05 Å². The van der Waals surface area contributed by atoms with Crippen molar-refractivity contribution in [3.05, 3.63) is 76.9 Å². The first-order chi connectivity index (χ1) is 10.6. The topological polar surface area (TPSA) is 47.9 Å². The Morgan fingerprint density at radius 2 is 1.95 bits per heavy atom. The summed E-state index contributed by atoms with van der Waals surface area (Å²) in [5.74, 6) is -0.288. The van der Waals surface area contributed by atoms with Crippen molar-refractivity contribution in [3.8, 4) is 6.07 Å². The highest BCUT2D eigenvalue weighted by atomic mass is 19.1. The lowest BCUT2D eigenvalue weighted by Crippen LogP contribution is -2.38. The number of anilines is 1. The minimum Gasteiger partial charge on any atom is -0.388 e. The second-order valence-electron chi connectivity index (χ2n) is 5.42. The Hall–Kier alpha value is -2.80. The van der Waals surface area contributed by atoms with Crippen LogP contribution in [0.25, 0.3) is 0 Å². The van der Waals surface area contributed by atoms with Crippen LogP contribution in [0.1, 0.15) is 18.1 Å². The van der Waals surface area contributed by atoms with E-state index in [0.717, 1.165) is 22.5 Å². The molecule has 3 nitrogen and oxygen atoms in total. The standard InChI is InChI=1S/C18H16FN3/c1-18(12-6-5-7-13(19)10-12)14-8-3-4-9-15(14)22-16(11-20)17(18)21-2/h3-10,21-22H,1-2H3. The third-order valence-corrected chi connectivity index (χ3v) is 4.24. The van der Waals surface area contributed by atoms with E-state index in [0.29, 0.717) is 5.70 Å². The van der Waals surface area contributed by atoms with Crippen LogP contribution in [0.4, 0.5) is 10.1 Å². The molecule has 2 aromatic carbocycles. The summed E-state index contributed by atoms with van der Waals surface area (Å²) in [5, 5.41) is 15.7. The van der Waals surface area contributed by atoms with Crippen molar-refractivity contribution in [2.45, 2.75) is 12.3 Å². The summed E-state index contributed by atoms with van der Waals surface area (Å²) < 4.78 is 13.8. The summed E-state index contributed by atoms with van der Waals surface area (Å²) in [6.07, 6.45) is 0. The van der Waals surface area contributed by atoms with Crippen LogP contribution >= 0.6 is 0 Å². The van der Waals surface area contributed by atoms with Crippen LogP contribution in [0.5, 0.6) is 0 Å². The number of para-hydroxylation sites is 1. The van der Waals surface area contributed by atoms with E-state index in [2.05, 4.69) is 16.7 Å². The molecule has 1 unspecified atom stereocenters. The van der Waals surface area contributed by atoms with Gasteiger partial charge in [0, 0.05) is 12.7 Å². The highest BCUT2D eigenvalue weighted by Gasteiger charge is 2.40. The number of nitrogens with zero attached hydrogens (tertiary/aromatic N) is 1. The maximum absolute atomic E-state index is 13.8. The lowest BCUT2D eigenvalue weighted by Gasteiger charge is -2.39. The molecule has 0 saturated carbocycles. The summed E-state index contributed by atoms with van der Waals surface area (Å²) in [7, 11) is 1.78. The molecule has 0 fully saturated rings. The number of hydrogen-bond acceptors (Lipinski definition) is 3. The quantitative estimate of drug-likeness (QED) is 0.890. The van der Waals surface area contributed by atoms with Gasteiger partial charge in [-0.05, 0) is 36.2 Å². The molecule has 22 heavy (non-hydrogen) atoms. The maximum Gasteiger partial charge on any atom is 0.138 e. The number of rotatable bonds is 2. The summed E-state index contributed by atoms with van der Waals surface area (Å²) in [6.45, 7) is 2.00. The van der Waals surface area contributed by atoms with Crippen molar-refractivity contribution < 1.29 is 4.39 Å². The van der Waals surface area contributed by atoms with Gasteiger partial charge in [0.25, 0.3) is 0 Å². The van der Waals surface area contributed by atoms with Gasteiger partial charge in [-0.3, -0.25) is 0 Å². The predicted molar refractivity (Wildman–Crippen MR) is 84.6 cm³/mol. The SMILES string of the molecule is CNC1=C(C#N)Nc2ccccc2C1(C)c1cccc(F)c1. The van der Waals surface area contributed by atoms with Gasteiger partial charge in [0.2, 0.25) is 0 Å². The third-order valence-electron chi connectivity index (χ3n) is 4.24. The normalized spacial score (nSPS) is 19.9. The third kappa shape index (κ3) is 1.94. The zero-order valence-corrected chi connectivity index (χ0v) is 12.4. The highest BCUT2D eigenvalue weighted by molar-refractivity contribution is 5.70. The average molecular weight is 293 g/mol. The van der Waals surface area contributed by atoms with Crippen molar-refractivity contribution in [3.63, 3.8) is 0 Å². The van der Waals surface area contributed by atoms with Crippen LogP contribution in [0.15, 0.2) is 59.9 Å². The van der Waals surface area contributed by atoms with Gasteiger partial charge in [0.05, 0.1) is 11.1 Å². The van der Waals surface area contributed by atoms with Gasteiger partial charge in [-0.25, -0.2) is 4.39 Å². The first-order valence-electron chi connectivity index (χ1n) is 7.06. The molecule has 1 heterocycles. The first-order valence-corrected chi connectivity index (χ1v) is 7.06. The molecule has 0 bridgehead atoms. The molecule has 3 rings (SSSR count). The molecule has 4 heteroatoms. The van der Waals surface area contributed by atoms with E-state index in [1.807, 2.05) is 37.3 Å². The smallest absolute Gasteiger partial charge is 0.138 e. The molecule has 0 saturated heterocycles. The number of halogens is 1. The number of likely N-dealkylation sites (N-methyl/N-ethyl adjacent to an activating group) is 1. The average Bonchev–Trinajstić information content (AvgIpc) is 2.54. The van der Waals surface area contributed by atoms with Crippen LogP contribution < -0.4 is 10.6 Å². The second-order valence-corrected chi connectivity index (χ2v) is 5.42. The van der Waals surface area contributed by atoms with Crippen molar-refractivity contribution in [1.29, 1.82) is 5.26 Å². The van der Waals surface area contributed by atoms with Crippen molar-refractivity contribution >= 4 is 5.69 Å². The van der Waals surface area contributed by atoms with Crippen molar-refractivity contribution in [2.75, 3.05) is 12.4 Å². The maximum atomic E-state index is 13.8. The number of fused-ring (bicyclic) bond motifs is 1. The summed E-state index contributed by atoms with van der Waals surface area (Å²) >= 11 is 0. The molecular weight excluding hydrogens is 277 g/mol. The monoisotopic (exact) mass is 293 g/mol. The summed E-state index contributed by atoms with van der Waals surface area (Å²) in [4.78, 5) is 0. The van der Waals surface area contributed by atoms with Crippen LogP contribution in [0.3, 0.4) is 0 Å². The van der Waals surface area contributed by atoms with Gasteiger partial charge >= 0.3 is 0 Å². The summed E-state index contributed by atoms with van der Waals surface area (Å²) in [6, 6.07) is 16.5. The number of benzene rings is 2. The minimum absolute atomic E-state index is 0.288. The molecule has 0 aromatic heterocycles. The van der Waals surface area contributed by atoms with Gasteiger partial charge in [-0.1, -0.05) is 30.3 Å². The Balaban J connectivity index is 2.35. The number of allylic oxidation sites excluding steroid dienone is 2. The van der Waals surface area contributed by atoms with Crippen LogP contribution in [0.2, 0.25) is 0 Å². The molecule has 110 valence electrons. The minimum atomic E-state index is -0.621. The molecule has 1 atom stereocenters. The molecule has 0 amide bonds. The van der Waals surface area contributed by atoms with E-state index in [4.69, 9.17) is 0 Å². The largest absolute Gasteiger partial charge is 0.388 e. The van der Waals surface area contributed by atoms with Gasteiger partial charge in [-0.2, -0.15) is 5.26 Å². The fourth-order valence-electron chi connectivity index (χ4n) is 3.17. The lowest BCUT2D eigenvalue weighted by molar-refractivity contribution is 0.589. The fourth-order valence-corrected chi connectivity index (χ4v) is 3.17. The van der Waals surface area contributed by atoms with E-state index >= 15 is 0 Å². The zero-order chi connectivity index (χ0) is 15.7. The zero-order valence-electron chi connectivity index (χ0n) is 12.4. The van der Waals surface area contributed by atoms with Gasteiger partial charge in [-0.15, -0.1) is 0 Å². The second kappa shape index (κ2) is 5.19. The van der Waals surface area contributed by atoms with E-state index in [9.17, 15) is 9.65 Å².